The molecule has 86 valence electrons. The van der Waals surface area contributed by atoms with Gasteiger partial charge in [0.1, 0.15) is 0 Å². The van der Waals surface area contributed by atoms with Gasteiger partial charge in [0.05, 0.1) is 0 Å². The first-order chi connectivity index (χ1) is 7.11. The molecular formula is C12H20BrNS. The van der Waals surface area contributed by atoms with Crippen molar-refractivity contribution in [1.29, 1.82) is 0 Å². The molecule has 0 aliphatic heterocycles. The Morgan fingerprint density at radius 3 is 2.73 bits per heavy atom. The van der Waals surface area contributed by atoms with E-state index in [4.69, 9.17) is 0 Å². The molecule has 1 nitrogen and oxygen atoms in total. The lowest BCUT2D eigenvalue weighted by Crippen LogP contribution is -2.26. The van der Waals surface area contributed by atoms with Crippen LogP contribution in [0.4, 0.5) is 0 Å². The van der Waals surface area contributed by atoms with Crippen LogP contribution in [-0.2, 0) is 6.54 Å². The normalized spacial score (nSPS) is 15.2. The average Bonchev–Trinajstić information content (AvgIpc) is 2.61. The number of hydrogen-bond donors (Lipinski definition) is 1. The van der Waals surface area contributed by atoms with Crippen LogP contribution >= 0.6 is 27.3 Å². The van der Waals surface area contributed by atoms with Gasteiger partial charge < -0.3 is 5.32 Å². The van der Waals surface area contributed by atoms with Gasteiger partial charge in [0.25, 0.3) is 0 Å². The van der Waals surface area contributed by atoms with E-state index in [0.717, 1.165) is 12.5 Å². The maximum atomic E-state index is 3.57. The van der Waals surface area contributed by atoms with Gasteiger partial charge in [0.2, 0.25) is 0 Å². The van der Waals surface area contributed by atoms with Crippen molar-refractivity contribution in [2.45, 2.75) is 46.2 Å². The molecule has 0 aromatic carbocycles. The minimum Gasteiger partial charge on any atom is -0.309 e. The largest absolute Gasteiger partial charge is 0.309 e. The fourth-order valence-corrected chi connectivity index (χ4v) is 2.98. The average molecular weight is 290 g/mol. The van der Waals surface area contributed by atoms with Gasteiger partial charge in [0.15, 0.2) is 0 Å². The van der Waals surface area contributed by atoms with E-state index in [1.807, 2.05) is 0 Å². The number of nitrogens with one attached hydrogen (secondary N) is 1. The first-order valence-corrected chi connectivity index (χ1v) is 7.25. The summed E-state index contributed by atoms with van der Waals surface area (Å²) in [4.78, 5) is 1.40. The Morgan fingerprint density at radius 1 is 1.47 bits per heavy atom. The van der Waals surface area contributed by atoms with Crippen LogP contribution in [0, 0.1) is 5.92 Å². The van der Waals surface area contributed by atoms with Crippen LogP contribution in [0.1, 0.15) is 38.5 Å². The predicted octanol–water partition coefficient (Wildman–Crippen LogP) is 4.42. The SMILES string of the molecule is CCC(C)CC(C)NCc1cc(Br)cs1. The van der Waals surface area contributed by atoms with Crippen LogP contribution in [0.3, 0.4) is 0 Å². The van der Waals surface area contributed by atoms with E-state index in [1.165, 1.54) is 22.2 Å². The highest BCUT2D eigenvalue weighted by Crippen LogP contribution is 2.19. The summed E-state index contributed by atoms with van der Waals surface area (Å²) in [5, 5.41) is 5.70. The summed E-state index contributed by atoms with van der Waals surface area (Å²) >= 11 is 5.28. The van der Waals surface area contributed by atoms with E-state index in [0.29, 0.717) is 6.04 Å². The highest BCUT2D eigenvalue weighted by molar-refractivity contribution is 9.10. The Bertz CT molecular complexity index is 285. The van der Waals surface area contributed by atoms with Crippen molar-refractivity contribution in [2.24, 2.45) is 5.92 Å². The molecule has 3 heteroatoms. The molecule has 1 heterocycles. The molecule has 15 heavy (non-hydrogen) atoms. The van der Waals surface area contributed by atoms with Crippen LogP contribution in [-0.4, -0.2) is 6.04 Å². The van der Waals surface area contributed by atoms with Crippen molar-refractivity contribution in [3.05, 3.63) is 20.8 Å². The standard InChI is InChI=1S/C12H20BrNS/c1-4-9(2)5-10(3)14-7-12-6-11(13)8-15-12/h6,8-10,14H,4-5,7H2,1-3H3. The maximum Gasteiger partial charge on any atom is 0.0302 e. The quantitative estimate of drug-likeness (QED) is 0.817. The fraction of sp³-hybridized carbons (Fsp3) is 0.667. The molecule has 0 aliphatic rings. The second kappa shape index (κ2) is 6.66. The van der Waals surface area contributed by atoms with E-state index < -0.39 is 0 Å². The number of thiophene rings is 1. The number of hydrogen-bond acceptors (Lipinski definition) is 2. The van der Waals surface area contributed by atoms with Crippen molar-refractivity contribution in [1.82, 2.24) is 5.32 Å². The van der Waals surface area contributed by atoms with Crippen molar-refractivity contribution in [3.63, 3.8) is 0 Å². The summed E-state index contributed by atoms with van der Waals surface area (Å²) in [6.07, 6.45) is 2.54. The fourth-order valence-electron chi connectivity index (χ4n) is 1.57. The lowest BCUT2D eigenvalue weighted by Gasteiger charge is -2.16. The monoisotopic (exact) mass is 289 g/mol. The molecule has 0 amide bonds. The topological polar surface area (TPSA) is 12.0 Å². The number of rotatable bonds is 6. The summed E-state index contributed by atoms with van der Waals surface area (Å²) in [5.74, 6) is 0.822. The smallest absolute Gasteiger partial charge is 0.0302 e. The molecule has 0 aliphatic carbocycles. The molecule has 0 saturated carbocycles. The van der Waals surface area contributed by atoms with Gasteiger partial charge in [-0.25, -0.2) is 0 Å². The summed E-state index contributed by atoms with van der Waals surface area (Å²) in [7, 11) is 0. The van der Waals surface area contributed by atoms with E-state index in [2.05, 4.69) is 53.5 Å². The van der Waals surface area contributed by atoms with E-state index in [-0.39, 0.29) is 0 Å². The summed E-state index contributed by atoms with van der Waals surface area (Å²) in [6, 6.07) is 2.80. The van der Waals surface area contributed by atoms with Crippen molar-refractivity contribution >= 4 is 27.3 Å². The molecule has 1 aromatic rings. The van der Waals surface area contributed by atoms with E-state index in [9.17, 15) is 0 Å². The van der Waals surface area contributed by atoms with Crippen LogP contribution < -0.4 is 5.32 Å². The van der Waals surface area contributed by atoms with E-state index >= 15 is 0 Å². The van der Waals surface area contributed by atoms with Crippen LogP contribution in [0.5, 0.6) is 0 Å². The van der Waals surface area contributed by atoms with E-state index in [1.54, 1.807) is 11.3 Å². The zero-order valence-corrected chi connectivity index (χ0v) is 12.1. The Balaban J connectivity index is 2.25. The Kier molecular flexibility index (Phi) is 5.87. The summed E-state index contributed by atoms with van der Waals surface area (Å²) < 4.78 is 1.19. The Hall–Kier alpha value is 0.140. The lowest BCUT2D eigenvalue weighted by molar-refractivity contribution is 0.413. The first-order valence-electron chi connectivity index (χ1n) is 5.58. The molecule has 1 aromatic heterocycles. The molecule has 1 rings (SSSR count). The predicted molar refractivity (Wildman–Crippen MR) is 72.4 cm³/mol. The van der Waals surface area contributed by atoms with Gasteiger partial charge in [-0.05, 0) is 41.3 Å². The van der Waals surface area contributed by atoms with Gasteiger partial charge in [-0.3, -0.25) is 0 Å². The highest BCUT2D eigenvalue weighted by atomic mass is 79.9. The van der Waals surface area contributed by atoms with Crippen LogP contribution in [0.2, 0.25) is 0 Å². The second-order valence-electron chi connectivity index (χ2n) is 4.26. The molecule has 2 atom stereocenters. The van der Waals surface area contributed by atoms with Crippen molar-refractivity contribution < 1.29 is 0 Å². The molecule has 0 bridgehead atoms. The zero-order chi connectivity index (χ0) is 11.3. The van der Waals surface area contributed by atoms with Gasteiger partial charge in [-0.2, -0.15) is 0 Å². The first kappa shape index (κ1) is 13.2. The maximum absolute atomic E-state index is 3.57. The highest BCUT2D eigenvalue weighted by Gasteiger charge is 2.07. The molecule has 0 radical (unpaired) electrons. The molecule has 0 fully saturated rings. The van der Waals surface area contributed by atoms with Crippen LogP contribution in [0.25, 0.3) is 0 Å². The molecule has 1 N–H and O–H groups in total. The Labute approximate surface area is 105 Å². The van der Waals surface area contributed by atoms with Crippen molar-refractivity contribution in [2.75, 3.05) is 0 Å². The van der Waals surface area contributed by atoms with Gasteiger partial charge >= 0.3 is 0 Å². The molecule has 0 saturated heterocycles. The van der Waals surface area contributed by atoms with Crippen molar-refractivity contribution in [3.8, 4) is 0 Å². The second-order valence-corrected chi connectivity index (χ2v) is 6.17. The minimum atomic E-state index is 0.612. The lowest BCUT2D eigenvalue weighted by atomic mass is 10.0. The third kappa shape index (κ3) is 5.14. The summed E-state index contributed by atoms with van der Waals surface area (Å²) in [6.45, 7) is 7.84. The third-order valence-corrected chi connectivity index (χ3v) is 4.40. The molecular weight excluding hydrogens is 270 g/mol. The van der Waals surface area contributed by atoms with Gasteiger partial charge in [-0.1, -0.05) is 20.3 Å². The van der Waals surface area contributed by atoms with Crippen LogP contribution in [0.15, 0.2) is 15.9 Å². The minimum absolute atomic E-state index is 0.612. The molecule has 0 spiro atoms. The molecule has 2 unspecified atom stereocenters. The van der Waals surface area contributed by atoms with Gasteiger partial charge in [-0.15, -0.1) is 11.3 Å². The number of halogens is 1. The Morgan fingerprint density at radius 2 is 2.20 bits per heavy atom. The summed E-state index contributed by atoms with van der Waals surface area (Å²) in [5.41, 5.74) is 0. The zero-order valence-electron chi connectivity index (χ0n) is 9.72. The third-order valence-electron chi connectivity index (χ3n) is 2.70. The van der Waals surface area contributed by atoms with Gasteiger partial charge in [0, 0.05) is 27.3 Å².